The monoisotopic (exact) mass is 573 g/mol. The first-order valence-corrected chi connectivity index (χ1v) is 14.8. The van der Waals surface area contributed by atoms with Crippen molar-refractivity contribution >= 4 is 33.3 Å². The second kappa shape index (κ2) is 11.1. The van der Waals surface area contributed by atoms with Gasteiger partial charge in [0.05, 0.1) is 16.8 Å². The third-order valence-corrected chi connectivity index (χ3v) is 7.98. The van der Waals surface area contributed by atoms with E-state index in [1.165, 1.54) is 15.9 Å². The van der Waals surface area contributed by atoms with E-state index in [1.54, 1.807) is 4.68 Å². The van der Waals surface area contributed by atoms with E-state index in [-0.39, 0.29) is 5.56 Å². The van der Waals surface area contributed by atoms with E-state index in [0.29, 0.717) is 33.4 Å². The van der Waals surface area contributed by atoms with Crippen molar-refractivity contribution < 1.29 is 9.15 Å². The third kappa shape index (κ3) is 4.99. The Morgan fingerprint density at radius 3 is 2.55 bits per heavy atom. The standard InChI is InChI=1S/C33H27N5O3S/c1-2-3-9-18-40-26-16-14-22(15-17-26)31-34-33-38(36-31)32(39)29(42-33)20-24-21-37(25-11-5-4-6-12-25)35-30(24)28-19-23-10-7-8-13-27(23)41-28/h4-8,10-17,19-21H,2-3,9,18H2,1H3/b29-20-. The van der Waals surface area contributed by atoms with Crippen LogP contribution in [-0.2, 0) is 0 Å². The zero-order chi connectivity index (χ0) is 28.5. The van der Waals surface area contributed by atoms with Gasteiger partial charge in [0.1, 0.15) is 17.0 Å². The van der Waals surface area contributed by atoms with Crippen LogP contribution in [0.2, 0.25) is 0 Å². The molecule has 0 amide bonds. The maximum Gasteiger partial charge on any atom is 0.291 e. The van der Waals surface area contributed by atoms with Crippen LogP contribution in [0.5, 0.6) is 5.75 Å². The first-order chi connectivity index (χ1) is 20.7. The molecule has 0 aliphatic heterocycles. The fourth-order valence-corrected chi connectivity index (χ4v) is 5.73. The van der Waals surface area contributed by atoms with Crippen molar-refractivity contribution in [3.8, 4) is 34.3 Å². The number of rotatable bonds is 9. The Morgan fingerprint density at radius 2 is 1.76 bits per heavy atom. The predicted molar refractivity (Wildman–Crippen MR) is 165 cm³/mol. The smallest absolute Gasteiger partial charge is 0.291 e. The summed E-state index contributed by atoms with van der Waals surface area (Å²) in [4.78, 5) is 18.6. The van der Waals surface area contributed by atoms with Crippen LogP contribution in [0.25, 0.3) is 50.5 Å². The van der Waals surface area contributed by atoms with Gasteiger partial charge in [-0.3, -0.25) is 4.79 Å². The second-order valence-electron chi connectivity index (χ2n) is 9.99. The van der Waals surface area contributed by atoms with Crippen molar-refractivity contribution in [2.75, 3.05) is 6.61 Å². The highest BCUT2D eigenvalue weighted by molar-refractivity contribution is 7.15. The summed E-state index contributed by atoms with van der Waals surface area (Å²) < 4.78 is 15.6. The SMILES string of the molecule is CCCCCOc1ccc(-c2nc3s/c(=C\c4cn(-c5ccccc5)nc4-c4cc5ccccc5o4)c(=O)n3n2)cc1. The summed E-state index contributed by atoms with van der Waals surface area (Å²) in [6.45, 7) is 2.87. The van der Waals surface area contributed by atoms with Crippen molar-refractivity contribution in [1.29, 1.82) is 0 Å². The Bertz CT molecular complexity index is 2070. The van der Waals surface area contributed by atoms with E-state index in [1.807, 2.05) is 97.2 Å². The van der Waals surface area contributed by atoms with Crippen LogP contribution in [0.1, 0.15) is 31.7 Å². The van der Waals surface area contributed by atoms with Crippen LogP contribution in [0.4, 0.5) is 0 Å². The van der Waals surface area contributed by atoms with Gasteiger partial charge in [-0.2, -0.15) is 14.6 Å². The summed E-state index contributed by atoms with van der Waals surface area (Å²) in [6, 6.07) is 27.3. The summed E-state index contributed by atoms with van der Waals surface area (Å²) >= 11 is 1.30. The number of hydrogen-bond acceptors (Lipinski definition) is 7. The number of unbranched alkanes of at least 4 members (excludes halogenated alkanes) is 2. The Hall–Kier alpha value is -5.02. The molecule has 7 aromatic rings. The molecule has 0 atom stereocenters. The van der Waals surface area contributed by atoms with Gasteiger partial charge in [-0.15, -0.1) is 5.10 Å². The summed E-state index contributed by atoms with van der Waals surface area (Å²) in [6.07, 6.45) is 7.09. The molecule has 0 unspecified atom stereocenters. The first-order valence-electron chi connectivity index (χ1n) is 13.9. The van der Waals surface area contributed by atoms with E-state index in [0.717, 1.165) is 52.8 Å². The van der Waals surface area contributed by atoms with Crippen LogP contribution in [0, 0.1) is 0 Å². The minimum Gasteiger partial charge on any atom is -0.494 e. The van der Waals surface area contributed by atoms with Gasteiger partial charge in [0.2, 0.25) is 4.96 Å². The zero-order valence-electron chi connectivity index (χ0n) is 22.9. The van der Waals surface area contributed by atoms with Crippen molar-refractivity contribution in [1.82, 2.24) is 24.4 Å². The molecule has 0 radical (unpaired) electrons. The first kappa shape index (κ1) is 25.9. The van der Waals surface area contributed by atoms with E-state index in [9.17, 15) is 4.79 Å². The Balaban J connectivity index is 1.24. The minimum atomic E-state index is -0.229. The van der Waals surface area contributed by atoms with Crippen molar-refractivity contribution in [2.24, 2.45) is 0 Å². The maximum absolute atomic E-state index is 13.4. The molecule has 9 heteroatoms. The number of ether oxygens (including phenoxy) is 1. The molecule has 0 aliphatic rings. The third-order valence-electron chi connectivity index (χ3n) is 7.02. The molecule has 8 nitrogen and oxygen atoms in total. The molecule has 0 spiro atoms. The van der Waals surface area contributed by atoms with E-state index in [2.05, 4.69) is 17.0 Å². The summed E-state index contributed by atoms with van der Waals surface area (Å²) in [5.41, 5.74) is 3.68. The topological polar surface area (TPSA) is 87.5 Å². The molecule has 0 bridgehead atoms. The number of furan rings is 1. The van der Waals surface area contributed by atoms with Gasteiger partial charge >= 0.3 is 0 Å². The zero-order valence-corrected chi connectivity index (χ0v) is 23.8. The van der Waals surface area contributed by atoms with Gasteiger partial charge in [-0.05, 0) is 61.0 Å². The van der Waals surface area contributed by atoms with Crippen LogP contribution >= 0.6 is 11.3 Å². The van der Waals surface area contributed by atoms with Gasteiger partial charge in [-0.25, -0.2) is 4.68 Å². The van der Waals surface area contributed by atoms with Crippen LogP contribution < -0.4 is 14.8 Å². The van der Waals surface area contributed by atoms with Crippen molar-refractivity contribution in [3.63, 3.8) is 0 Å². The highest BCUT2D eigenvalue weighted by atomic mass is 32.1. The Morgan fingerprint density at radius 1 is 0.952 bits per heavy atom. The molecular formula is C33H27N5O3S. The number of fused-ring (bicyclic) bond motifs is 2. The molecule has 7 rings (SSSR count). The molecule has 42 heavy (non-hydrogen) atoms. The average molecular weight is 574 g/mol. The quantitative estimate of drug-likeness (QED) is 0.182. The molecule has 4 heterocycles. The predicted octanol–water partition coefficient (Wildman–Crippen LogP) is 6.53. The highest BCUT2D eigenvalue weighted by Crippen LogP contribution is 2.30. The van der Waals surface area contributed by atoms with Crippen molar-refractivity contribution in [2.45, 2.75) is 26.2 Å². The van der Waals surface area contributed by atoms with Gasteiger partial charge in [0.25, 0.3) is 5.56 Å². The lowest BCUT2D eigenvalue weighted by Crippen LogP contribution is -2.23. The normalized spacial score (nSPS) is 12.1. The fraction of sp³-hybridized carbons (Fsp3) is 0.152. The van der Waals surface area contributed by atoms with E-state index in [4.69, 9.17) is 14.3 Å². The van der Waals surface area contributed by atoms with E-state index < -0.39 is 0 Å². The Labute approximate surface area is 245 Å². The highest BCUT2D eigenvalue weighted by Gasteiger charge is 2.17. The molecule has 4 aromatic heterocycles. The summed E-state index contributed by atoms with van der Waals surface area (Å²) in [5.74, 6) is 1.94. The molecule has 0 fully saturated rings. The van der Waals surface area contributed by atoms with Crippen LogP contribution in [0.3, 0.4) is 0 Å². The number of thiazole rings is 1. The lowest BCUT2D eigenvalue weighted by molar-refractivity contribution is 0.306. The number of aromatic nitrogens is 5. The molecule has 0 N–H and O–H groups in total. The average Bonchev–Trinajstić information content (AvgIpc) is 3.80. The molecule has 0 saturated carbocycles. The molecular weight excluding hydrogens is 546 g/mol. The number of para-hydroxylation sites is 2. The summed E-state index contributed by atoms with van der Waals surface area (Å²) in [7, 11) is 0. The van der Waals surface area contributed by atoms with Crippen molar-refractivity contribution in [3.05, 3.63) is 112 Å². The van der Waals surface area contributed by atoms with Gasteiger partial charge in [0, 0.05) is 22.7 Å². The molecule has 0 aliphatic carbocycles. The Kier molecular flexibility index (Phi) is 6.85. The molecule has 3 aromatic carbocycles. The number of nitrogens with zero attached hydrogens (tertiary/aromatic N) is 5. The molecule has 208 valence electrons. The lowest BCUT2D eigenvalue weighted by Gasteiger charge is -2.05. The second-order valence-corrected chi connectivity index (χ2v) is 11.0. The lowest BCUT2D eigenvalue weighted by atomic mass is 10.2. The van der Waals surface area contributed by atoms with Gasteiger partial charge < -0.3 is 9.15 Å². The number of benzene rings is 3. The van der Waals surface area contributed by atoms with E-state index >= 15 is 0 Å². The van der Waals surface area contributed by atoms with Crippen LogP contribution in [-0.4, -0.2) is 31.0 Å². The van der Waals surface area contributed by atoms with Gasteiger partial charge in [-0.1, -0.05) is 67.5 Å². The van der Waals surface area contributed by atoms with Crippen LogP contribution in [0.15, 0.2) is 100 Å². The largest absolute Gasteiger partial charge is 0.494 e. The maximum atomic E-state index is 13.4. The van der Waals surface area contributed by atoms with Gasteiger partial charge in [0.15, 0.2) is 11.6 Å². The summed E-state index contributed by atoms with van der Waals surface area (Å²) in [5, 5.41) is 10.4. The fourth-order valence-electron chi connectivity index (χ4n) is 4.84. The minimum absolute atomic E-state index is 0.229. The molecule has 0 saturated heterocycles. The number of hydrogen-bond donors (Lipinski definition) is 0.